The highest BCUT2D eigenvalue weighted by Gasteiger charge is 2.18. The van der Waals surface area contributed by atoms with E-state index in [9.17, 15) is 9.59 Å². The van der Waals surface area contributed by atoms with E-state index in [4.69, 9.17) is 14.2 Å². The van der Waals surface area contributed by atoms with E-state index in [0.717, 1.165) is 15.2 Å². The third kappa shape index (κ3) is 3.93. The predicted molar refractivity (Wildman–Crippen MR) is 117 cm³/mol. The number of ether oxygens (including phenoxy) is 3. The molecule has 7 nitrogen and oxygen atoms in total. The Bertz CT molecular complexity index is 1270. The van der Waals surface area contributed by atoms with Gasteiger partial charge in [-0.1, -0.05) is 30.3 Å². The van der Waals surface area contributed by atoms with Gasteiger partial charge in [-0.15, -0.1) is 11.3 Å². The standard InChI is InChI=1S/C23H16N2O5S/c26-21(24-14-9-10-18-19(11-14)30-13-29-18)12-28-23(27)16-6-2-1-5-15(16)22-25-17-7-3-4-8-20(17)31-22/h1-11H,12-13H2,(H,24,26). The summed E-state index contributed by atoms with van der Waals surface area (Å²) in [5, 5.41) is 3.40. The third-order valence-corrected chi connectivity index (χ3v) is 5.73. The van der Waals surface area contributed by atoms with E-state index in [2.05, 4.69) is 10.3 Å². The lowest BCUT2D eigenvalue weighted by Gasteiger charge is -2.09. The molecule has 4 aromatic rings. The van der Waals surface area contributed by atoms with Crippen molar-refractivity contribution in [2.45, 2.75) is 0 Å². The van der Waals surface area contributed by atoms with Gasteiger partial charge in [0.2, 0.25) is 6.79 Å². The third-order valence-electron chi connectivity index (χ3n) is 4.66. The fourth-order valence-corrected chi connectivity index (χ4v) is 4.22. The predicted octanol–water partition coefficient (Wildman–Crippen LogP) is 4.49. The monoisotopic (exact) mass is 432 g/mol. The molecular weight excluding hydrogens is 416 g/mol. The maximum absolute atomic E-state index is 12.7. The molecule has 0 radical (unpaired) electrons. The van der Waals surface area contributed by atoms with Gasteiger partial charge in [0.1, 0.15) is 5.01 Å². The molecular formula is C23H16N2O5S. The number of hydrogen-bond acceptors (Lipinski definition) is 7. The van der Waals surface area contributed by atoms with Gasteiger partial charge in [-0.25, -0.2) is 9.78 Å². The first-order valence-corrected chi connectivity index (χ1v) is 10.3. The number of fused-ring (bicyclic) bond motifs is 2. The van der Waals surface area contributed by atoms with Crippen LogP contribution in [-0.4, -0.2) is 30.3 Å². The maximum Gasteiger partial charge on any atom is 0.339 e. The Morgan fingerprint density at radius 1 is 1.00 bits per heavy atom. The van der Waals surface area contributed by atoms with Crippen LogP contribution in [0.3, 0.4) is 0 Å². The molecule has 0 spiro atoms. The summed E-state index contributed by atoms with van der Waals surface area (Å²) in [7, 11) is 0. The molecule has 0 aliphatic carbocycles. The van der Waals surface area contributed by atoms with E-state index in [1.165, 1.54) is 11.3 Å². The van der Waals surface area contributed by atoms with E-state index in [-0.39, 0.29) is 6.79 Å². The lowest BCUT2D eigenvalue weighted by Crippen LogP contribution is -2.21. The number of thiazole rings is 1. The molecule has 0 saturated carbocycles. The largest absolute Gasteiger partial charge is 0.454 e. The number of hydrogen-bond donors (Lipinski definition) is 1. The Morgan fingerprint density at radius 2 is 1.81 bits per heavy atom. The highest BCUT2D eigenvalue weighted by Crippen LogP contribution is 2.34. The zero-order valence-electron chi connectivity index (χ0n) is 16.2. The molecule has 2 heterocycles. The van der Waals surface area contributed by atoms with E-state index in [1.54, 1.807) is 30.3 Å². The Kier molecular flexibility index (Phi) is 4.97. The lowest BCUT2D eigenvalue weighted by atomic mass is 10.1. The molecule has 3 aromatic carbocycles. The van der Waals surface area contributed by atoms with Crippen LogP contribution in [0.1, 0.15) is 10.4 Å². The van der Waals surface area contributed by atoms with Crippen LogP contribution in [-0.2, 0) is 9.53 Å². The summed E-state index contributed by atoms with van der Waals surface area (Å²) in [6.45, 7) is -0.264. The quantitative estimate of drug-likeness (QED) is 0.468. The van der Waals surface area contributed by atoms with Gasteiger partial charge in [0.05, 0.1) is 15.8 Å². The number of carbonyl (C=O) groups excluding carboxylic acids is 2. The molecule has 1 aromatic heterocycles. The van der Waals surface area contributed by atoms with Gasteiger partial charge in [0.25, 0.3) is 5.91 Å². The number of anilines is 1. The van der Waals surface area contributed by atoms with Crippen molar-refractivity contribution in [2.75, 3.05) is 18.7 Å². The summed E-state index contributed by atoms with van der Waals surface area (Å²) in [4.78, 5) is 29.6. The average molecular weight is 432 g/mol. The van der Waals surface area contributed by atoms with Crippen LogP contribution in [0.15, 0.2) is 66.7 Å². The van der Waals surface area contributed by atoms with Crippen molar-refractivity contribution in [1.29, 1.82) is 0 Å². The zero-order valence-corrected chi connectivity index (χ0v) is 17.0. The van der Waals surface area contributed by atoms with Gasteiger partial charge in [0, 0.05) is 17.3 Å². The molecule has 1 aliphatic heterocycles. The van der Waals surface area contributed by atoms with E-state index < -0.39 is 18.5 Å². The number of esters is 1. The number of carbonyl (C=O) groups is 2. The molecule has 1 aliphatic rings. The normalized spacial score (nSPS) is 12.0. The Labute approximate surface area is 181 Å². The Balaban J connectivity index is 1.28. The number of aromatic nitrogens is 1. The molecule has 0 saturated heterocycles. The number of para-hydroxylation sites is 1. The molecule has 154 valence electrons. The van der Waals surface area contributed by atoms with Crippen LogP contribution in [0.5, 0.6) is 11.5 Å². The van der Waals surface area contributed by atoms with Crippen LogP contribution < -0.4 is 14.8 Å². The molecule has 0 atom stereocenters. The number of benzene rings is 3. The van der Waals surface area contributed by atoms with Crippen LogP contribution in [0.2, 0.25) is 0 Å². The number of rotatable bonds is 5. The molecule has 0 fully saturated rings. The van der Waals surface area contributed by atoms with Crippen LogP contribution >= 0.6 is 11.3 Å². The molecule has 8 heteroatoms. The molecule has 0 bridgehead atoms. The minimum atomic E-state index is -0.587. The van der Waals surface area contributed by atoms with Crippen molar-refractivity contribution in [2.24, 2.45) is 0 Å². The highest BCUT2D eigenvalue weighted by molar-refractivity contribution is 7.21. The van der Waals surface area contributed by atoms with E-state index in [1.807, 2.05) is 36.4 Å². The fraction of sp³-hybridized carbons (Fsp3) is 0.0870. The first-order chi connectivity index (χ1) is 15.2. The number of nitrogens with one attached hydrogen (secondary N) is 1. The zero-order chi connectivity index (χ0) is 21.2. The number of nitrogens with zero attached hydrogens (tertiary/aromatic N) is 1. The van der Waals surface area contributed by atoms with Gasteiger partial charge in [0.15, 0.2) is 18.1 Å². The summed E-state index contributed by atoms with van der Waals surface area (Å²) in [6, 6.07) is 19.9. The minimum absolute atomic E-state index is 0.151. The smallest absolute Gasteiger partial charge is 0.339 e. The van der Waals surface area contributed by atoms with Crippen LogP contribution in [0.25, 0.3) is 20.8 Å². The van der Waals surface area contributed by atoms with Crippen molar-refractivity contribution in [3.05, 3.63) is 72.3 Å². The summed E-state index contributed by atoms with van der Waals surface area (Å²) < 4.78 is 16.8. The topological polar surface area (TPSA) is 86.8 Å². The van der Waals surface area contributed by atoms with Gasteiger partial charge < -0.3 is 19.5 Å². The molecule has 0 unspecified atom stereocenters. The van der Waals surface area contributed by atoms with Crippen molar-refractivity contribution in [1.82, 2.24) is 4.98 Å². The highest BCUT2D eigenvalue weighted by atomic mass is 32.1. The van der Waals surface area contributed by atoms with Gasteiger partial charge in [-0.05, 0) is 30.3 Å². The van der Waals surface area contributed by atoms with Gasteiger partial charge in [-0.3, -0.25) is 4.79 Å². The van der Waals surface area contributed by atoms with E-state index >= 15 is 0 Å². The molecule has 5 rings (SSSR count). The second-order valence-electron chi connectivity index (χ2n) is 6.72. The van der Waals surface area contributed by atoms with Crippen molar-refractivity contribution >= 4 is 39.1 Å². The molecule has 1 amide bonds. The van der Waals surface area contributed by atoms with Crippen molar-refractivity contribution < 1.29 is 23.8 Å². The summed E-state index contributed by atoms with van der Waals surface area (Å²) >= 11 is 1.50. The van der Waals surface area contributed by atoms with Crippen LogP contribution in [0.4, 0.5) is 5.69 Å². The second-order valence-corrected chi connectivity index (χ2v) is 7.76. The average Bonchev–Trinajstić information content (AvgIpc) is 3.44. The number of amides is 1. The summed E-state index contributed by atoms with van der Waals surface area (Å²) in [5.74, 6) is 0.135. The van der Waals surface area contributed by atoms with Crippen molar-refractivity contribution in [3.63, 3.8) is 0 Å². The van der Waals surface area contributed by atoms with Gasteiger partial charge >= 0.3 is 5.97 Å². The molecule has 31 heavy (non-hydrogen) atoms. The van der Waals surface area contributed by atoms with Crippen LogP contribution in [0, 0.1) is 0 Å². The first-order valence-electron chi connectivity index (χ1n) is 9.49. The second kappa shape index (κ2) is 8.08. The SMILES string of the molecule is O=C(COC(=O)c1ccccc1-c1nc2ccccc2s1)Nc1ccc2c(c1)OCO2. The molecule has 1 N–H and O–H groups in total. The Morgan fingerprint density at radius 3 is 2.71 bits per heavy atom. The fourth-order valence-electron chi connectivity index (χ4n) is 3.22. The van der Waals surface area contributed by atoms with Gasteiger partial charge in [-0.2, -0.15) is 0 Å². The first kappa shape index (κ1) is 19.1. The lowest BCUT2D eigenvalue weighted by molar-refractivity contribution is -0.119. The summed E-state index contributed by atoms with van der Waals surface area (Å²) in [5.41, 5.74) is 2.43. The van der Waals surface area contributed by atoms with Crippen molar-refractivity contribution in [3.8, 4) is 22.1 Å². The summed E-state index contributed by atoms with van der Waals surface area (Å²) in [6.07, 6.45) is 0. The van der Waals surface area contributed by atoms with E-state index in [0.29, 0.717) is 28.3 Å². The minimum Gasteiger partial charge on any atom is -0.454 e. The maximum atomic E-state index is 12.7. The Hall–Kier alpha value is -3.91.